The van der Waals surface area contributed by atoms with E-state index in [4.69, 9.17) is 0 Å². The maximum absolute atomic E-state index is 2.43. The number of hydrogen-bond acceptors (Lipinski definition) is 2. The van der Waals surface area contributed by atoms with Crippen molar-refractivity contribution in [2.24, 2.45) is 0 Å². The topological polar surface area (TPSA) is 3.24 Å². The highest BCUT2D eigenvalue weighted by Crippen LogP contribution is 2.55. The second kappa shape index (κ2) is 9.92. The number of benzene rings is 7. The Kier molecular flexibility index (Phi) is 5.78. The van der Waals surface area contributed by atoms with Gasteiger partial charge in [0.1, 0.15) is 0 Å². The van der Waals surface area contributed by atoms with Crippen LogP contribution in [0.3, 0.4) is 0 Å². The first-order valence-corrected chi connectivity index (χ1v) is 16.4. The molecule has 2 heteroatoms. The van der Waals surface area contributed by atoms with Gasteiger partial charge in [-0.15, -0.1) is 11.3 Å². The summed E-state index contributed by atoms with van der Waals surface area (Å²) in [6, 6.07) is 55.7. The fraction of sp³-hybridized carbons (Fsp3) is 0.0698. The fourth-order valence-corrected chi connectivity index (χ4v) is 8.48. The molecule has 7 aromatic carbocycles. The summed E-state index contributed by atoms with van der Waals surface area (Å²) in [5, 5.41) is 5.29. The molecule has 1 aromatic heterocycles. The summed E-state index contributed by atoms with van der Waals surface area (Å²) < 4.78 is 2.71. The minimum absolute atomic E-state index is 0.111. The normalized spacial score (nSPS) is 13.3. The van der Waals surface area contributed by atoms with Gasteiger partial charge in [0.2, 0.25) is 0 Å². The number of fused-ring (bicyclic) bond motifs is 8. The molecule has 0 radical (unpaired) electrons. The second-order valence-corrected chi connectivity index (χ2v) is 13.7. The van der Waals surface area contributed by atoms with Crippen LogP contribution in [0, 0.1) is 0 Å². The van der Waals surface area contributed by atoms with E-state index in [2.05, 4.69) is 170 Å². The molecular weight excluding hydrogens is 563 g/mol. The Bertz CT molecular complexity index is 2400. The van der Waals surface area contributed by atoms with Crippen molar-refractivity contribution in [3.63, 3.8) is 0 Å². The predicted octanol–water partition coefficient (Wildman–Crippen LogP) is 12.7. The Morgan fingerprint density at radius 1 is 0.489 bits per heavy atom. The van der Waals surface area contributed by atoms with Crippen LogP contribution in [-0.2, 0) is 5.41 Å². The molecule has 0 N–H and O–H groups in total. The van der Waals surface area contributed by atoms with Crippen molar-refractivity contribution in [3.8, 4) is 22.3 Å². The summed E-state index contributed by atoms with van der Waals surface area (Å²) in [5.41, 5.74) is 11.4. The maximum Gasteiger partial charge on any atom is 0.0465 e. The molecule has 0 aliphatic heterocycles. The van der Waals surface area contributed by atoms with E-state index in [9.17, 15) is 0 Å². The van der Waals surface area contributed by atoms with Gasteiger partial charge in [0.05, 0.1) is 0 Å². The van der Waals surface area contributed by atoms with E-state index in [1.165, 1.54) is 70.0 Å². The van der Waals surface area contributed by atoms with E-state index in [1.54, 1.807) is 0 Å². The molecule has 1 aliphatic carbocycles. The molecule has 45 heavy (non-hydrogen) atoms. The third kappa shape index (κ3) is 4.06. The molecule has 0 fully saturated rings. The van der Waals surface area contributed by atoms with Crippen molar-refractivity contribution in [1.82, 2.24) is 0 Å². The van der Waals surface area contributed by atoms with Crippen LogP contribution in [0.4, 0.5) is 17.1 Å². The molecule has 0 bridgehead atoms. The van der Waals surface area contributed by atoms with E-state index in [-0.39, 0.29) is 5.41 Å². The number of para-hydroxylation sites is 1. The van der Waals surface area contributed by atoms with Gasteiger partial charge in [-0.2, -0.15) is 0 Å². The third-order valence-corrected chi connectivity index (χ3v) is 10.8. The molecule has 0 saturated heterocycles. The molecular formula is C43H31NS. The van der Waals surface area contributed by atoms with Crippen LogP contribution in [0.1, 0.15) is 25.0 Å². The number of rotatable bonds is 4. The molecule has 8 aromatic rings. The fourth-order valence-electron chi connectivity index (χ4n) is 7.36. The smallest absolute Gasteiger partial charge is 0.0465 e. The molecule has 0 saturated carbocycles. The van der Waals surface area contributed by atoms with Crippen molar-refractivity contribution in [3.05, 3.63) is 163 Å². The first-order chi connectivity index (χ1) is 22.1. The number of thiophene rings is 1. The van der Waals surface area contributed by atoms with Crippen LogP contribution >= 0.6 is 11.3 Å². The van der Waals surface area contributed by atoms with Crippen LogP contribution in [0.5, 0.6) is 0 Å². The van der Waals surface area contributed by atoms with Gasteiger partial charge in [-0.25, -0.2) is 0 Å². The number of hydrogen-bond donors (Lipinski definition) is 0. The molecule has 1 nitrogen and oxygen atoms in total. The monoisotopic (exact) mass is 593 g/mol. The molecule has 0 atom stereocenters. The largest absolute Gasteiger partial charge is 0.310 e. The Hall–Kier alpha value is -5.18. The lowest BCUT2D eigenvalue weighted by Gasteiger charge is -2.28. The average molecular weight is 594 g/mol. The Morgan fingerprint density at radius 2 is 1.18 bits per heavy atom. The Morgan fingerprint density at radius 3 is 2.02 bits per heavy atom. The van der Waals surface area contributed by atoms with Crippen LogP contribution in [-0.4, -0.2) is 0 Å². The van der Waals surface area contributed by atoms with E-state index in [0.717, 1.165) is 11.4 Å². The standard InChI is InChI=1S/C43H31NS/c1-43(2)37-24-25-40-42(36-14-8-9-15-39(36)45-40)41(37)35-23-22-34(27-38(35)43)44(32-12-4-3-5-13-32)33-20-18-29(19-21-33)31-17-16-28-10-6-7-11-30(28)26-31/h3-27H,1-2H3. The summed E-state index contributed by atoms with van der Waals surface area (Å²) in [6.07, 6.45) is 0. The van der Waals surface area contributed by atoms with Crippen LogP contribution in [0.15, 0.2) is 152 Å². The van der Waals surface area contributed by atoms with Gasteiger partial charge in [0, 0.05) is 42.6 Å². The minimum atomic E-state index is -0.111. The predicted molar refractivity (Wildman–Crippen MR) is 195 cm³/mol. The lowest BCUT2D eigenvalue weighted by Crippen LogP contribution is -2.16. The number of anilines is 3. The van der Waals surface area contributed by atoms with Gasteiger partial charge in [0.15, 0.2) is 0 Å². The van der Waals surface area contributed by atoms with Crippen LogP contribution in [0.2, 0.25) is 0 Å². The highest BCUT2D eigenvalue weighted by Gasteiger charge is 2.37. The lowest BCUT2D eigenvalue weighted by molar-refractivity contribution is 0.661. The van der Waals surface area contributed by atoms with Gasteiger partial charge in [-0.05, 0) is 98.8 Å². The van der Waals surface area contributed by atoms with Gasteiger partial charge >= 0.3 is 0 Å². The van der Waals surface area contributed by atoms with E-state index in [1.807, 2.05) is 11.3 Å². The Balaban J connectivity index is 1.18. The zero-order chi connectivity index (χ0) is 30.1. The molecule has 1 heterocycles. The molecule has 214 valence electrons. The van der Waals surface area contributed by atoms with E-state index < -0.39 is 0 Å². The molecule has 0 unspecified atom stereocenters. The number of nitrogens with zero attached hydrogens (tertiary/aromatic N) is 1. The van der Waals surface area contributed by atoms with Crippen molar-refractivity contribution in [1.29, 1.82) is 0 Å². The summed E-state index contributed by atoms with van der Waals surface area (Å²) in [6.45, 7) is 4.76. The van der Waals surface area contributed by atoms with Gasteiger partial charge < -0.3 is 4.90 Å². The second-order valence-electron chi connectivity index (χ2n) is 12.6. The summed E-state index contributed by atoms with van der Waals surface area (Å²) in [4.78, 5) is 2.39. The SMILES string of the molecule is CC1(C)c2cc(N(c3ccccc3)c3ccc(-c4ccc5ccccc5c4)cc3)ccc2-c2c1ccc1sc3ccccc3c21. The van der Waals surface area contributed by atoms with Crippen molar-refractivity contribution in [2.45, 2.75) is 19.3 Å². The van der Waals surface area contributed by atoms with Gasteiger partial charge in [0.25, 0.3) is 0 Å². The maximum atomic E-state index is 2.43. The molecule has 0 spiro atoms. The van der Waals surface area contributed by atoms with Crippen molar-refractivity contribution in [2.75, 3.05) is 4.90 Å². The zero-order valence-electron chi connectivity index (χ0n) is 25.3. The highest BCUT2D eigenvalue weighted by molar-refractivity contribution is 7.26. The van der Waals surface area contributed by atoms with Crippen LogP contribution < -0.4 is 4.90 Å². The molecule has 0 amide bonds. The van der Waals surface area contributed by atoms with Gasteiger partial charge in [-0.1, -0.05) is 111 Å². The minimum Gasteiger partial charge on any atom is -0.310 e. The lowest BCUT2D eigenvalue weighted by atomic mass is 9.82. The van der Waals surface area contributed by atoms with E-state index >= 15 is 0 Å². The quantitative estimate of drug-likeness (QED) is 0.196. The highest BCUT2D eigenvalue weighted by atomic mass is 32.1. The first-order valence-electron chi connectivity index (χ1n) is 15.6. The molecule has 1 aliphatic rings. The van der Waals surface area contributed by atoms with Crippen molar-refractivity contribution < 1.29 is 0 Å². The van der Waals surface area contributed by atoms with E-state index in [0.29, 0.717) is 0 Å². The van der Waals surface area contributed by atoms with Gasteiger partial charge in [-0.3, -0.25) is 0 Å². The molecule has 9 rings (SSSR count). The Labute approximate surface area is 267 Å². The summed E-state index contributed by atoms with van der Waals surface area (Å²) in [5.74, 6) is 0. The van der Waals surface area contributed by atoms with Crippen LogP contribution in [0.25, 0.3) is 53.2 Å². The summed E-state index contributed by atoms with van der Waals surface area (Å²) >= 11 is 1.90. The zero-order valence-corrected chi connectivity index (χ0v) is 26.1. The average Bonchev–Trinajstić information content (AvgIpc) is 3.57. The summed E-state index contributed by atoms with van der Waals surface area (Å²) in [7, 11) is 0. The first kappa shape index (κ1) is 26.2. The third-order valence-electron chi connectivity index (χ3n) is 9.64. The van der Waals surface area contributed by atoms with Crippen molar-refractivity contribution >= 4 is 59.3 Å².